The van der Waals surface area contributed by atoms with Crippen LogP contribution in [0.15, 0.2) is 48.5 Å². The summed E-state index contributed by atoms with van der Waals surface area (Å²) in [5.74, 6) is 0. The van der Waals surface area contributed by atoms with Crippen LogP contribution in [-0.2, 0) is 21.3 Å². The Kier molecular flexibility index (Phi) is 14.4. The summed E-state index contributed by atoms with van der Waals surface area (Å²) < 4.78 is 0. The van der Waals surface area contributed by atoms with Crippen LogP contribution in [0.25, 0.3) is 0 Å². The maximum absolute atomic E-state index is 8.48. The van der Waals surface area contributed by atoms with Crippen molar-refractivity contribution in [2.75, 3.05) is 0 Å². The number of hydrogen-bond acceptors (Lipinski definition) is 4. The molecule has 0 N–H and O–H groups in total. The van der Waals surface area contributed by atoms with E-state index in [1.165, 1.54) is 22.3 Å². The molecule has 0 bridgehead atoms. The fraction of sp³-hybridized carbons (Fsp3) is 0.200. The summed E-state index contributed by atoms with van der Waals surface area (Å²) in [4.78, 5) is 8.77. The normalized spacial score (nSPS) is 9.00. The Hall–Kier alpha value is -1.52. The van der Waals surface area contributed by atoms with Crippen LogP contribution in [0.4, 0.5) is 0 Å². The second kappa shape index (κ2) is 16.4. The molecule has 0 unspecified atom stereocenters. The molecule has 8 heteroatoms. The van der Waals surface area contributed by atoms with Crippen LogP contribution in [0.3, 0.4) is 0 Å². The summed E-state index contributed by atoms with van der Waals surface area (Å²) >= 11 is 0.218. The van der Waals surface area contributed by atoms with Gasteiger partial charge >= 0.3 is 193 Å². The van der Waals surface area contributed by atoms with E-state index in [1.54, 1.807) is 0 Å². The molecule has 140 valence electrons. The van der Waals surface area contributed by atoms with Gasteiger partial charge in [0, 0.05) is 0 Å². The van der Waals surface area contributed by atoms with Crippen molar-refractivity contribution in [2.24, 2.45) is 0 Å². The monoisotopic (exact) mass is 632 g/mol. The molecule has 0 amide bonds. The van der Waals surface area contributed by atoms with Crippen LogP contribution in [0.5, 0.6) is 0 Å². The molecule has 0 fully saturated rings. The third-order valence-electron chi connectivity index (χ3n) is 3.20. The van der Waals surface area contributed by atoms with E-state index in [4.69, 9.17) is 21.0 Å². The molecule has 0 saturated carbocycles. The molecule has 4 nitrogen and oxygen atoms in total. The van der Waals surface area contributed by atoms with E-state index in [2.05, 4.69) is 32.0 Å². The third kappa shape index (κ3) is 11.4. The zero-order valence-electron chi connectivity index (χ0n) is 14.9. The molecule has 0 heterocycles. The Morgan fingerprint density at radius 3 is 0.964 bits per heavy atom. The van der Waals surface area contributed by atoms with Crippen molar-refractivity contribution in [2.45, 2.75) is 21.3 Å². The Bertz CT molecular complexity index is 762. The first-order chi connectivity index (χ1) is 13.7. The van der Waals surface area contributed by atoms with Crippen molar-refractivity contribution < 1.29 is 0 Å². The van der Waals surface area contributed by atoms with Gasteiger partial charge in [-0.3, -0.25) is 0 Å². The Balaban J connectivity index is 0.000000280. The SMILES string of the molecule is N#C[Se]Cc1cccc(C[Se]C#N)c1.N#C[Se]Cc1cccc(C[Se]C#N)c1. The molecule has 0 aromatic heterocycles. The number of nitriles is 4. The van der Waals surface area contributed by atoms with Crippen molar-refractivity contribution in [3.05, 3.63) is 70.8 Å². The molecule has 2 aromatic rings. The number of rotatable bonds is 8. The fourth-order valence-corrected chi connectivity index (χ4v) is 5.53. The summed E-state index contributed by atoms with van der Waals surface area (Å²) in [7, 11) is 0. The van der Waals surface area contributed by atoms with E-state index in [9.17, 15) is 0 Å². The van der Waals surface area contributed by atoms with Gasteiger partial charge in [-0.2, -0.15) is 0 Å². The quantitative estimate of drug-likeness (QED) is 0.419. The summed E-state index contributed by atoms with van der Waals surface area (Å²) in [6.45, 7) is 0. The van der Waals surface area contributed by atoms with Crippen LogP contribution >= 0.6 is 0 Å². The molecule has 2 aromatic carbocycles. The van der Waals surface area contributed by atoms with Crippen molar-refractivity contribution in [3.8, 4) is 19.9 Å². The second-order valence-corrected chi connectivity index (χ2v) is 11.5. The Morgan fingerprint density at radius 2 is 0.750 bits per heavy atom. The Morgan fingerprint density at radius 1 is 0.500 bits per heavy atom. The van der Waals surface area contributed by atoms with Crippen LogP contribution in [-0.4, -0.2) is 59.8 Å². The third-order valence-corrected chi connectivity index (χ3v) is 8.29. The first-order valence-electron chi connectivity index (χ1n) is 7.92. The van der Waals surface area contributed by atoms with Gasteiger partial charge in [0.05, 0.1) is 0 Å². The average Bonchev–Trinajstić information content (AvgIpc) is 2.74. The summed E-state index contributed by atoms with van der Waals surface area (Å²) in [6, 6.07) is 16.4. The molecule has 0 radical (unpaired) electrons. The molecule has 0 saturated heterocycles. The number of nitrogens with zero attached hydrogens (tertiary/aromatic N) is 4. The van der Waals surface area contributed by atoms with Gasteiger partial charge < -0.3 is 0 Å². The van der Waals surface area contributed by atoms with Crippen LogP contribution in [0.2, 0.25) is 0 Å². The van der Waals surface area contributed by atoms with E-state index in [1.807, 2.05) is 36.4 Å². The van der Waals surface area contributed by atoms with Gasteiger partial charge in [-0.15, -0.1) is 0 Å². The molecular weight excluding hydrogens is 612 g/mol. The fourth-order valence-electron chi connectivity index (χ4n) is 2.08. The molecular formula is C20H16N4Se4. The summed E-state index contributed by atoms with van der Waals surface area (Å²) in [5, 5.41) is 37.4. The zero-order valence-corrected chi connectivity index (χ0v) is 21.7. The van der Waals surface area contributed by atoms with E-state index in [0.29, 0.717) is 0 Å². The number of benzene rings is 2. The molecule has 0 atom stereocenters. The molecule has 0 spiro atoms. The van der Waals surface area contributed by atoms with Gasteiger partial charge in [-0.25, -0.2) is 0 Å². The Labute approximate surface area is 191 Å². The molecule has 0 aliphatic carbocycles. The average molecular weight is 628 g/mol. The van der Waals surface area contributed by atoms with Crippen LogP contribution in [0.1, 0.15) is 22.3 Å². The van der Waals surface area contributed by atoms with Crippen molar-refractivity contribution in [1.29, 1.82) is 21.0 Å². The van der Waals surface area contributed by atoms with E-state index in [0.717, 1.165) is 21.3 Å². The predicted molar refractivity (Wildman–Crippen MR) is 113 cm³/mol. The van der Waals surface area contributed by atoms with Crippen molar-refractivity contribution >= 4 is 59.8 Å². The first-order valence-corrected chi connectivity index (χ1v) is 16.2. The topological polar surface area (TPSA) is 95.2 Å². The van der Waals surface area contributed by atoms with E-state index in [-0.39, 0.29) is 59.8 Å². The molecule has 28 heavy (non-hydrogen) atoms. The maximum atomic E-state index is 8.48. The van der Waals surface area contributed by atoms with Gasteiger partial charge in [0.15, 0.2) is 0 Å². The molecule has 0 aliphatic rings. The predicted octanol–water partition coefficient (Wildman–Crippen LogP) is 2.11. The molecule has 0 aliphatic heterocycles. The van der Waals surface area contributed by atoms with Gasteiger partial charge in [0.1, 0.15) is 0 Å². The van der Waals surface area contributed by atoms with Gasteiger partial charge in [-0.1, -0.05) is 0 Å². The van der Waals surface area contributed by atoms with E-state index < -0.39 is 0 Å². The summed E-state index contributed by atoms with van der Waals surface area (Å²) in [6.07, 6.45) is 0. The molecule has 2 rings (SSSR count). The van der Waals surface area contributed by atoms with Gasteiger partial charge in [0.25, 0.3) is 0 Å². The minimum absolute atomic E-state index is 0.0546. The van der Waals surface area contributed by atoms with Crippen molar-refractivity contribution in [3.63, 3.8) is 0 Å². The van der Waals surface area contributed by atoms with Gasteiger partial charge in [0.2, 0.25) is 0 Å². The summed E-state index contributed by atoms with van der Waals surface area (Å²) in [5.41, 5.74) is 4.88. The van der Waals surface area contributed by atoms with Crippen LogP contribution in [0, 0.1) is 40.9 Å². The van der Waals surface area contributed by atoms with E-state index >= 15 is 0 Å². The minimum atomic E-state index is 0.0546. The number of hydrogen-bond donors (Lipinski definition) is 0. The van der Waals surface area contributed by atoms with Crippen molar-refractivity contribution in [1.82, 2.24) is 0 Å². The van der Waals surface area contributed by atoms with Gasteiger partial charge in [-0.05, 0) is 0 Å². The second-order valence-electron chi connectivity index (χ2n) is 5.16. The van der Waals surface area contributed by atoms with Crippen LogP contribution < -0.4 is 0 Å². The standard InChI is InChI=1S/2C10H8N2Se2/c2*11-7-13-5-9-2-1-3-10(4-9)6-14-8-12/h2*1-4H,5-6H2. The zero-order chi connectivity index (χ0) is 20.5. The first kappa shape index (κ1) is 24.5.